The fraction of sp³-hybridized carbons (Fsp3) is 0.356. The van der Waals surface area contributed by atoms with E-state index in [-0.39, 0.29) is 41.1 Å². The first-order valence-corrected chi connectivity index (χ1v) is 20.8. The van der Waals surface area contributed by atoms with E-state index in [2.05, 4.69) is 173 Å². The Kier molecular flexibility index (Phi) is 11.3. The molecule has 6 rings (SSSR count). The molecule has 0 heterocycles. The second kappa shape index (κ2) is 14.1. The maximum absolute atomic E-state index is 2.92. The van der Waals surface area contributed by atoms with Gasteiger partial charge in [-0.2, -0.15) is 0 Å². The molecule has 4 aromatic rings. The second-order valence-corrected chi connectivity index (χ2v) is 22.5. The van der Waals surface area contributed by atoms with E-state index in [1.54, 1.807) is 20.9 Å². The Morgan fingerprint density at radius 3 is 1.83 bits per heavy atom. The fourth-order valence-corrected chi connectivity index (χ4v) is 16.7. The average molecular weight is 755 g/mol. The van der Waals surface area contributed by atoms with Crippen molar-refractivity contribution >= 4 is 6.48 Å². The van der Waals surface area contributed by atoms with Crippen LogP contribution in [0.25, 0.3) is 11.1 Å². The first-order valence-electron chi connectivity index (χ1n) is 17.2. The van der Waals surface area contributed by atoms with Gasteiger partial charge in [0.25, 0.3) is 0 Å². The van der Waals surface area contributed by atoms with Crippen LogP contribution in [0.2, 0.25) is 0 Å². The summed E-state index contributed by atoms with van der Waals surface area (Å²) in [5.74, 6) is 0.424. The summed E-state index contributed by atoms with van der Waals surface area (Å²) < 4.78 is 5.02. The Labute approximate surface area is 311 Å². The van der Waals surface area contributed by atoms with Crippen LogP contribution in [-0.2, 0) is 38.5 Å². The number of fused-ring (bicyclic) bond motifs is 3. The Bertz CT molecular complexity index is 1900. The van der Waals surface area contributed by atoms with E-state index < -0.39 is 21.3 Å². The minimum Gasteiger partial charge on any atom is -1.00 e. The SMILES string of the molecule is Cc1ccc(/[C](c2ccccc2)=[Zr+2](\[C]2=CC(C(C)(C)C)=CC2C)[c]2c(C(C)(C)C)ccc3c2Cc2cc(C(C)(C)C)ccc2-3)cc1.[Cl-].[Cl-]. The molecular weight excluding hydrogens is 703 g/mol. The van der Waals surface area contributed by atoms with Crippen molar-refractivity contribution in [3.05, 3.63) is 145 Å². The molecule has 4 aromatic carbocycles. The van der Waals surface area contributed by atoms with Gasteiger partial charge in [-0.1, -0.05) is 0 Å². The molecule has 0 saturated heterocycles. The van der Waals surface area contributed by atoms with Gasteiger partial charge >= 0.3 is 288 Å². The summed E-state index contributed by atoms with van der Waals surface area (Å²) >= 11 is -2.92. The monoisotopic (exact) mass is 752 g/mol. The van der Waals surface area contributed by atoms with Crippen molar-refractivity contribution in [3.63, 3.8) is 0 Å². The molecule has 0 amide bonds. The quantitative estimate of drug-likeness (QED) is 0.237. The van der Waals surface area contributed by atoms with Crippen LogP contribution in [0.15, 0.2) is 106 Å². The normalized spacial score (nSPS) is 15.8. The van der Waals surface area contributed by atoms with E-state index >= 15 is 0 Å². The number of halogens is 2. The molecule has 0 radical (unpaired) electrons. The van der Waals surface area contributed by atoms with E-state index in [4.69, 9.17) is 0 Å². The molecule has 250 valence electrons. The van der Waals surface area contributed by atoms with Crippen LogP contribution in [0.3, 0.4) is 0 Å². The van der Waals surface area contributed by atoms with Gasteiger partial charge < -0.3 is 24.8 Å². The van der Waals surface area contributed by atoms with Crippen LogP contribution < -0.4 is 28.1 Å². The first-order chi connectivity index (χ1) is 21.5. The molecule has 0 fully saturated rings. The molecule has 2 aliphatic rings. The van der Waals surface area contributed by atoms with Crippen LogP contribution in [0.4, 0.5) is 0 Å². The van der Waals surface area contributed by atoms with Crippen molar-refractivity contribution in [3.8, 4) is 11.1 Å². The third kappa shape index (κ3) is 7.41. The number of benzene rings is 4. The van der Waals surface area contributed by atoms with E-state index in [0.29, 0.717) is 5.92 Å². The minimum absolute atomic E-state index is 0. The number of hydrogen-bond acceptors (Lipinski definition) is 0. The zero-order valence-corrected chi connectivity index (χ0v) is 34.7. The Morgan fingerprint density at radius 1 is 0.667 bits per heavy atom. The van der Waals surface area contributed by atoms with Crippen LogP contribution in [0.5, 0.6) is 0 Å². The number of allylic oxidation sites excluding steroid dienone is 4. The standard InChI is InChI=1S/C21H25.C14H12.C10H15.2ClH.Zr/c1-20(2,3)16-7-9-18-14(12-16)11-15-13-17(21(4,5)6)8-10-19(15)18;1-12-7-9-14(10-8-12)11-13-5-3-2-4-6-13;1-8-5-6-9(7-8)10(2,3)4;;;/h7-10,12H,11H2,1-6H3;2-10H,1H3;6-8H,1-4H3;2*1H;/q;;;;;+2/p-2. The van der Waals surface area contributed by atoms with Crippen molar-refractivity contribution in [1.82, 2.24) is 0 Å². The number of rotatable bonds is 4. The smallest absolute Gasteiger partial charge is 1.00 e. The van der Waals surface area contributed by atoms with E-state index in [1.165, 1.54) is 44.5 Å². The van der Waals surface area contributed by atoms with Gasteiger partial charge in [0.05, 0.1) is 0 Å². The van der Waals surface area contributed by atoms with Gasteiger partial charge in [0.15, 0.2) is 0 Å². The molecular formula is C45H52Cl2Zr. The molecule has 48 heavy (non-hydrogen) atoms. The van der Waals surface area contributed by atoms with Gasteiger partial charge in [-0.15, -0.1) is 0 Å². The van der Waals surface area contributed by atoms with Crippen LogP contribution in [0, 0.1) is 18.3 Å². The Hall–Kier alpha value is -2.31. The van der Waals surface area contributed by atoms with E-state index in [1.807, 2.05) is 0 Å². The van der Waals surface area contributed by atoms with Gasteiger partial charge in [-0.25, -0.2) is 0 Å². The molecule has 0 spiro atoms. The summed E-state index contributed by atoms with van der Waals surface area (Å²) in [6.07, 6.45) is 6.26. The maximum Gasteiger partial charge on any atom is -1.00 e. The topological polar surface area (TPSA) is 0 Å². The van der Waals surface area contributed by atoms with Gasteiger partial charge in [-0.05, 0) is 0 Å². The molecule has 1 unspecified atom stereocenters. The Morgan fingerprint density at radius 2 is 1.27 bits per heavy atom. The molecule has 3 heteroatoms. The van der Waals surface area contributed by atoms with Gasteiger partial charge in [0, 0.05) is 0 Å². The predicted molar refractivity (Wildman–Crippen MR) is 197 cm³/mol. The molecule has 0 saturated carbocycles. The molecule has 0 aliphatic heterocycles. The first kappa shape index (κ1) is 38.5. The molecule has 0 aromatic heterocycles. The summed E-state index contributed by atoms with van der Waals surface area (Å²) in [5.41, 5.74) is 14.8. The Balaban J connectivity index is 0.00000260. The molecule has 0 N–H and O–H groups in total. The zero-order chi connectivity index (χ0) is 33.2. The van der Waals surface area contributed by atoms with E-state index in [9.17, 15) is 0 Å². The largest absolute Gasteiger partial charge is 1.00 e. The van der Waals surface area contributed by atoms with Gasteiger partial charge in [-0.3, -0.25) is 0 Å². The van der Waals surface area contributed by atoms with Gasteiger partial charge in [0.2, 0.25) is 0 Å². The third-order valence-corrected chi connectivity index (χ3v) is 18.2. The van der Waals surface area contributed by atoms with Crippen LogP contribution in [0.1, 0.15) is 108 Å². The van der Waals surface area contributed by atoms with Crippen molar-refractivity contribution in [2.24, 2.45) is 11.3 Å². The molecule has 0 bridgehead atoms. The fourth-order valence-electron chi connectivity index (χ4n) is 7.32. The third-order valence-electron chi connectivity index (χ3n) is 10.0. The predicted octanol–water partition coefficient (Wildman–Crippen LogP) is 5.19. The average Bonchev–Trinajstić information content (AvgIpc) is 3.56. The minimum atomic E-state index is -2.92. The number of hydrogen-bond donors (Lipinski definition) is 0. The van der Waals surface area contributed by atoms with Crippen LogP contribution >= 0.6 is 0 Å². The van der Waals surface area contributed by atoms with E-state index in [0.717, 1.165) is 6.42 Å². The van der Waals surface area contributed by atoms with Crippen molar-refractivity contribution in [2.45, 2.75) is 93.4 Å². The summed E-state index contributed by atoms with van der Waals surface area (Å²) in [5, 5.41) is 0. The van der Waals surface area contributed by atoms with Crippen molar-refractivity contribution in [2.75, 3.05) is 0 Å². The second-order valence-electron chi connectivity index (χ2n) is 16.8. The van der Waals surface area contributed by atoms with Crippen molar-refractivity contribution in [1.29, 1.82) is 0 Å². The van der Waals surface area contributed by atoms with Crippen molar-refractivity contribution < 1.29 is 46.1 Å². The molecule has 2 aliphatic carbocycles. The summed E-state index contributed by atoms with van der Waals surface area (Å²) in [4.78, 5) is 0. The molecule has 1 atom stereocenters. The summed E-state index contributed by atoms with van der Waals surface area (Å²) in [6.45, 7) is 26.1. The van der Waals surface area contributed by atoms with Crippen LogP contribution in [-0.4, -0.2) is 3.21 Å². The molecule has 0 nitrogen and oxygen atoms in total. The summed E-state index contributed by atoms with van der Waals surface area (Å²) in [7, 11) is 0. The summed E-state index contributed by atoms with van der Waals surface area (Å²) in [6, 6.07) is 33.1. The number of aryl methyl sites for hydroxylation is 1. The zero-order valence-electron chi connectivity index (χ0n) is 30.8. The maximum atomic E-state index is 2.65. The van der Waals surface area contributed by atoms with Gasteiger partial charge in [0.1, 0.15) is 0 Å².